The molecule has 0 aromatic rings. The number of likely N-dealkylation sites (N-methyl/N-ethyl adjacent to an activating group) is 1. The summed E-state index contributed by atoms with van der Waals surface area (Å²) in [6, 6.07) is 0.222. The number of nitrogens with zero attached hydrogens (tertiary/aromatic N) is 1. The molecule has 2 fully saturated rings. The van der Waals surface area contributed by atoms with Crippen molar-refractivity contribution in [3.8, 4) is 0 Å². The number of ether oxygens (including phenoxy) is 1. The van der Waals surface area contributed by atoms with Gasteiger partial charge < -0.3 is 15.0 Å². The third-order valence-corrected chi connectivity index (χ3v) is 5.57. The lowest BCUT2D eigenvalue weighted by Crippen LogP contribution is -2.45. The zero-order valence-electron chi connectivity index (χ0n) is 15.2. The Balaban J connectivity index is 1.94. The predicted octanol–water partition coefficient (Wildman–Crippen LogP) is 1.73. The van der Waals surface area contributed by atoms with Crippen molar-refractivity contribution in [1.82, 2.24) is 10.2 Å². The molecule has 1 N–H and O–H groups in total. The van der Waals surface area contributed by atoms with Crippen molar-refractivity contribution in [2.75, 3.05) is 13.1 Å². The fourth-order valence-corrected chi connectivity index (χ4v) is 3.85. The van der Waals surface area contributed by atoms with E-state index in [0.29, 0.717) is 24.9 Å². The van der Waals surface area contributed by atoms with Crippen LogP contribution < -0.4 is 5.32 Å². The Morgan fingerprint density at radius 3 is 2.71 bits per heavy atom. The van der Waals surface area contributed by atoms with Gasteiger partial charge in [0.05, 0.1) is 5.92 Å². The predicted molar refractivity (Wildman–Crippen MR) is 90.0 cm³/mol. The van der Waals surface area contributed by atoms with E-state index in [1.165, 1.54) is 6.42 Å². The van der Waals surface area contributed by atoms with Gasteiger partial charge in [0.2, 0.25) is 5.91 Å². The molecule has 2 rings (SSSR count). The molecule has 0 bridgehead atoms. The number of esters is 1. The van der Waals surface area contributed by atoms with E-state index in [4.69, 9.17) is 4.74 Å². The molecule has 6 nitrogen and oxygen atoms in total. The first kappa shape index (κ1) is 18.7. The van der Waals surface area contributed by atoms with E-state index in [2.05, 4.69) is 19.2 Å². The molecular formula is C18H30N2O4. The summed E-state index contributed by atoms with van der Waals surface area (Å²) in [5, 5.41) is 2.63. The first-order chi connectivity index (χ1) is 11.3. The van der Waals surface area contributed by atoms with Crippen molar-refractivity contribution in [3.63, 3.8) is 0 Å². The summed E-state index contributed by atoms with van der Waals surface area (Å²) in [5.74, 6) is -0.123. The second kappa shape index (κ2) is 7.99. The van der Waals surface area contributed by atoms with Crippen LogP contribution in [0.5, 0.6) is 0 Å². The lowest BCUT2D eigenvalue weighted by molar-refractivity contribution is -0.158. The highest BCUT2D eigenvalue weighted by atomic mass is 16.5. The van der Waals surface area contributed by atoms with Gasteiger partial charge in [0.1, 0.15) is 0 Å². The zero-order chi connectivity index (χ0) is 17.9. The van der Waals surface area contributed by atoms with Crippen molar-refractivity contribution in [2.45, 2.75) is 65.5 Å². The Hall–Kier alpha value is -1.59. The van der Waals surface area contributed by atoms with Crippen LogP contribution in [0.1, 0.15) is 53.4 Å². The standard InChI is InChI=1S/C18H30N2O4/c1-5-19-17(22)13(4)24-18(23)14-9-16(21)20(10-14)15-8-6-7-11(2)12(15)3/h11-15H,5-10H2,1-4H3,(H,19,22)/t11-,12-,13-,14-,15+/m0/s1. The highest BCUT2D eigenvalue weighted by molar-refractivity contribution is 5.89. The Morgan fingerprint density at radius 2 is 2.04 bits per heavy atom. The van der Waals surface area contributed by atoms with Gasteiger partial charge >= 0.3 is 5.97 Å². The minimum absolute atomic E-state index is 0.0357. The first-order valence-corrected chi connectivity index (χ1v) is 9.12. The van der Waals surface area contributed by atoms with Crippen LogP contribution in [-0.2, 0) is 19.1 Å². The van der Waals surface area contributed by atoms with Crippen LogP contribution in [0.25, 0.3) is 0 Å². The molecule has 1 saturated carbocycles. The maximum Gasteiger partial charge on any atom is 0.312 e. The van der Waals surface area contributed by atoms with Gasteiger partial charge in [0.15, 0.2) is 6.10 Å². The van der Waals surface area contributed by atoms with E-state index >= 15 is 0 Å². The van der Waals surface area contributed by atoms with Crippen molar-refractivity contribution in [1.29, 1.82) is 0 Å². The summed E-state index contributed by atoms with van der Waals surface area (Å²) in [4.78, 5) is 38.3. The molecule has 0 aromatic carbocycles. The highest BCUT2D eigenvalue weighted by Gasteiger charge is 2.42. The molecule has 1 aliphatic heterocycles. The number of carbonyl (C=O) groups excluding carboxylic acids is 3. The fraction of sp³-hybridized carbons (Fsp3) is 0.833. The van der Waals surface area contributed by atoms with Crippen LogP contribution in [0.15, 0.2) is 0 Å². The van der Waals surface area contributed by atoms with Gasteiger partial charge in [-0.05, 0) is 32.1 Å². The molecule has 2 amide bonds. The van der Waals surface area contributed by atoms with E-state index in [1.54, 1.807) is 6.92 Å². The number of carbonyl (C=O) groups is 3. The van der Waals surface area contributed by atoms with Gasteiger partial charge in [0, 0.05) is 25.6 Å². The molecule has 24 heavy (non-hydrogen) atoms. The molecule has 0 spiro atoms. The average molecular weight is 338 g/mol. The van der Waals surface area contributed by atoms with Gasteiger partial charge in [-0.15, -0.1) is 0 Å². The Bertz CT molecular complexity index is 493. The Kier molecular flexibility index (Phi) is 6.24. The summed E-state index contributed by atoms with van der Waals surface area (Å²) in [6.45, 7) is 8.71. The lowest BCUT2D eigenvalue weighted by atomic mass is 9.77. The van der Waals surface area contributed by atoms with Gasteiger partial charge in [-0.1, -0.05) is 26.7 Å². The normalized spacial score (nSPS) is 31.7. The highest BCUT2D eigenvalue weighted by Crippen LogP contribution is 2.35. The van der Waals surface area contributed by atoms with Crippen molar-refractivity contribution in [2.24, 2.45) is 17.8 Å². The second-order valence-electron chi connectivity index (χ2n) is 7.26. The maximum absolute atomic E-state index is 12.4. The minimum Gasteiger partial charge on any atom is -0.452 e. The molecule has 5 atom stereocenters. The third-order valence-electron chi connectivity index (χ3n) is 5.57. The van der Waals surface area contributed by atoms with Gasteiger partial charge in [-0.25, -0.2) is 0 Å². The minimum atomic E-state index is -0.824. The Morgan fingerprint density at radius 1 is 1.33 bits per heavy atom. The topological polar surface area (TPSA) is 75.7 Å². The largest absolute Gasteiger partial charge is 0.452 e. The lowest BCUT2D eigenvalue weighted by Gasteiger charge is -2.39. The summed E-state index contributed by atoms with van der Waals surface area (Å²) >= 11 is 0. The number of rotatable bonds is 5. The number of hydrogen-bond acceptors (Lipinski definition) is 4. The van der Waals surface area contributed by atoms with E-state index < -0.39 is 18.0 Å². The van der Waals surface area contributed by atoms with Crippen LogP contribution in [0.4, 0.5) is 0 Å². The summed E-state index contributed by atoms with van der Waals surface area (Å²) in [5.41, 5.74) is 0. The van der Waals surface area contributed by atoms with Crippen LogP contribution in [0, 0.1) is 17.8 Å². The molecule has 6 heteroatoms. The monoisotopic (exact) mass is 338 g/mol. The molecule has 0 unspecified atom stereocenters. The van der Waals surface area contributed by atoms with E-state index in [1.807, 2.05) is 11.8 Å². The smallest absolute Gasteiger partial charge is 0.312 e. The molecule has 1 saturated heterocycles. The van der Waals surface area contributed by atoms with Crippen molar-refractivity contribution >= 4 is 17.8 Å². The zero-order valence-corrected chi connectivity index (χ0v) is 15.2. The maximum atomic E-state index is 12.4. The number of nitrogens with one attached hydrogen (secondary N) is 1. The summed E-state index contributed by atoms with van der Waals surface area (Å²) in [6.07, 6.45) is 2.71. The molecule has 0 aromatic heterocycles. The summed E-state index contributed by atoms with van der Waals surface area (Å²) in [7, 11) is 0. The SMILES string of the molecule is CCNC(=O)[C@H](C)OC(=O)[C@H]1CC(=O)N([C@@H]2CCC[C@H](C)[C@@H]2C)C1. The molecule has 2 aliphatic rings. The summed E-state index contributed by atoms with van der Waals surface area (Å²) < 4.78 is 5.25. The van der Waals surface area contributed by atoms with Crippen LogP contribution in [0.2, 0.25) is 0 Å². The van der Waals surface area contributed by atoms with Crippen LogP contribution in [-0.4, -0.2) is 47.9 Å². The number of amides is 2. The molecular weight excluding hydrogens is 308 g/mol. The van der Waals surface area contributed by atoms with Crippen molar-refractivity contribution in [3.05, 3.63) is 0 Å². The number of hydrogen-bond donors (Lipinski definition) is 1. The second-order valence-corrected chi connectivity index (χ2v) is 7.26. The molecule has 1 heterocycles. The third kappa shape index (κ3) is 4.08. The fourth-order valence-electron chi connectivity index (χ4n) is 3.85. The van der Waals surface area contributed by atoms with Gasteiger partial charge in [0.25, 0.3) is 5.91 Å². The Labute approximate surface area is 144 Å². The quantitative estimate of drug-likeness (QED) is 0.775. The number of likely N-dealkylation sites (tertiary alicyclic amines) is 1. The van der Waals surface area contributed by atoms with E-state index in [9.17, 15) is 14.4 Å². The molecule has 1 aliphatic carbocycles. The average Bonchev–Trinajstić information content (AvgIpc) is 2.92. The van der Waals surface area contributed by atoms with Crippen LogP contribution in [0.3, 0.4) is 0 Å². The van der Waals surface area contributed by atoms with Gasteiger partial charge in [-0.3, -0.25) is 14.4 Å². The van der Waals surface area contributed by atoms with Crippen molar-refractivity contribution < 1.29 is 19.1 Å². The molecule has 0 radical (unpaired) electrons. The first-order valence-electron chi connectivity index (χ1n) is 9.12. The van der Waals surface area contributed by atoms with E-state index in [-0.39, 0.29) is 24.3 Å². The van der Waals surface area contributed by atoms with Crippen LogP contribution >= 0.6 is 0 Å². The molecule has 136 valence electrons. The van der Waals surface area contributed by atoms with E-state index in [0.717, 1.165) is 12.8 Å². The van der Waals surface area contributed by atoms with Gasteiger partial charge in [-0.2, -0.15) is 0 Å².